The highest BCUT2D eigenvalue weighted by Crippen LogP contribution is 2.31. The van der Waals surface area contributed by atoms with E-state index in [2.05, 4.69) is 15.2 Å². The topological polar surface area (TPSA) is 56.1 Å². The first-order valence-corrected chi connectivity index (χ1v) is 7.26. The molecule has 0 bridgehead atoms. The zero-order chi connectivity index (χ0) is 16.2. The molecular weight excluding hydrogens is 290 g/mol. The first-order chi connectivity index (χ1) is 11.2. The summed E-state index contributed by atoms with van der Waals surface area (Å²) in [5.41, 5.74) is 3.76. The van der Waals surface area contributed by atoms with Gasteiger partial charge in [0.05, 0.1) is 18.5 Å². The van der Waals surface area contributed by atoms with Crippen molar-refractivity contribution in [2.45, 2.75) is 6.92 Å². The fraction of sp³-hybridized carbons (Fsp3) is 0.111. The van der Waals surface area contributed by atoms with Gasteiger partial charge in [0.2, 0.25) is 0 Å². The molecule has 0 aliphatic carbocycles. The number of hydrogen-bond acceptors (Lipinski definition) is 3. The second kappa shape index (κ2) is 6.36. The molecule has 0 fully saturated rings. The minimum atomic E-state index is -0.537. The molecule has 3 rings (SSSR count). The average Bonchev–Trinajstić information content (AvgIpc) is 2.93. The van der Waals surface area contributed by atoms with Gasteiger partial charge in [-0.05, 0) is 19.1 Å². The number of para-hydroxylation sites is 1. The Bertz CT molecular complexity index is 811. The number of nitrogens with zero attached hydrogens (tertiary/aromatic N) is 2. The van der Waals surface area contributed by atoms with Gasteiger partial charge in [-0.1, -0.05) is 48.5 Å². The zero-order valence-electron chi connectivity index (χ0n) is 13.0. The van der Waals surface area contributed by atoms with Crippen LogP contribution in [0.3, 0.4) is 0 Å². The van der Waals surface area contributed by atoms with Crippen LogP contribution in [0.5, 0.6) is 0 Å². The summed E-state index contributed by atoms with van der Waals surface area (Å²) < 4.78 is 6.50. The van der Waals surface area contributed by atoms with E-state index in [-0.39, 0.29) is 0 Å². The summed E-state index contributed by atoms with van der Waals surface area (Å²) in [6, 6.07) is 19.8. The number of nitrogens with one attached hydrogen (secondary N) is 1. The average molecular weight is 307 g/mol. The summed E-state index contributed by atoms with van der Waals surface area (Å²) in [6.45, 7) is 1.93. The van der Waals surface area contributed by atoms with Crippen molar-refractivity contribution in [2.24, 2.45) is 0 Å². The van der Waals surface area contributed by atoms with Crippen LogP contribution in [0, 0.1) is 6.92 Å². The molecule has 0 spiro atoms. The van der Waals surface area contributed by atoms with Crippen molar-refractivity contribution in [3.63, 3.8) is 0 Å². The summed E-state index contributed by atoms with van der Waals surface area (Å²) in [6.07, 6.45) is -0.537. The molecular formula is C18H17N3O2. The summed E-state index contributed by atoms with van der Waals surface area (Å²) >= 11 is 0. The highest BCUT2D eigenvalue weighted by molar-refractivity contribution is 5.86. The van der Waals surface area contributed by atoms with Crippen LogP contribution in [-0.4, -0.2) is 23.0 Å². The molecule has 1 N–H and O–H groups in total. The van der Waals surface area contributed by atoms with E-state index in [1.807, 2.05) is 72.3 Å². The summed E-state index contributed by atoms with van der Waals surface area (Å²) in [5, 5.41) is 7.22. The van der Waals surface area contributed by atoms with E-state index in [9.17, 15) is 4.79 Å². The lowest BCUT2D eigenvalue weighted by atomic mass is 10.1. The first-order valence-electron chi connectivity index (χ1n) is 7.26. The van der Waals surface area contributed by atoms with Gasteiger partial charge in [0.15, 0.2) is 5.82 Å². The summed E-state index contributed by atoms with van der Waals surface area (Å²) in [4.78, 5) is 11.5. The predicted molar refractivity (Wildman–Crippen MR) is 89.8 cm³/mol. The largest absolute Gasteiger partial charge is 0.453 e. The fourth-order valence-electron chi connectivity index (χ4n) is 2.45. The van der Waals surface area contributed by atoms with Crippen molar-refractivity contribution in [3.05, 3.63) is 66.2 Å². The fourth-order valence-corrected chi connectivity index (χ4v) is 2.45. The third-order valence-corrected chi connectivity index (χ3v) is 3.58. The number of carbonyl (C=O) groups excluding carboxylic acids is 1. The van der Waals surface area contributed by atoms with Crippen LogP contribution in [0.25, 0.3) is 16.9 Å². The molecule has 116 valence electrons. The maximum atomic E-state index is 11.5. The lowest BCUT2D eigenvalue weighted by molar-refractivity contribution is 0.187. The molecule has 2 aromatic carbocycles. The van der Waals surface area contributed by atoms with Gasteiger partial charge in [-0.25, -0.2) is 9.48 Å². The number of rotatable bonds is 3. The number of carbonyl (C=O) groups is 1. The molecule has 0 saturated heterocycles. The smallest absolute Gasteiger partial charge is 0.412 e. The van der Waals surface area contributed by atoms with Gasteiger partial charge in [-0.15, -0.1) is 5.10 Å². The molecule has 0 unspecified atom stereocenters. The lowest BCUT2D eigenvalue weighted by Gasteiger charge is -2.08. The second-order valence-corrected chi connectivity index (χ2v) is 5.05. The lowest BCUT2D eigenvalue weighted by Crippen LogP contribution is -2.12. The van der Waals surface area contributed by atoms with Gasteiger partial charge >= 0.3 is 6.09 Å². The summed E-state index contributed by atoms with van der Waals surface area (Å²) in [5.74, 6) is 0.486. The van der Waals surface area contributed by atoms with Crippen molar-refractivity contribution in [1.29, 1.82) is 0 Å². The maximum absolute atomic E-state index is 11.5. The molecule has 1 aromatic heterocycles. The molecule has 0 radical (unpaired) electrons. The molecule has 5 nitrogen and oxygen atoms in total. The van der Waals surface area contributed by atoms with E-state index in [1.54, 1.807) is 0 Å². The first kappa shape index (κ1) is 14.8. The molecule has 1 amide bonds. The van der Waals surface area contributed by atoms with Gasteiger partial charge in [-0.2, -0.15) is 0 Å². The third-order valence-electron chi connectivity index (χ3n) is 3.58. The minimum absolute atomic E-state index is 0.486. The van der Waals surface area contributed by atoms with Crippen molar-refractivity contribution >= 4 is 11.9 Å². The SMILES string of the molecule is COC(=O)Nc1nn(-c2ccccc2)c(-c2ccccc2)c1C. The van der Waals surface area contributed by atoms with E-state index in [0.29, 0.717) is 5.82 Å². The number of benzene rings is 2. The Hall–Kier alpha value is -3.08. The monoisotopic (exact) mass is 307 g/mol. The van der Waals surface area contributed by atoms with Gasteiger partial charge in [0.1, 0.15) is 0 Å². The minimum Gasteiger partial charge on any atom is -0.453 e. The number of methoxy groups -OCH3 is 1. The Morgan fingerprint density at radius 2 is 1.65 bits per heavy atom. The van der Waals surface area contributed by atoms with E-state index >= 15 is 0 Å². The Morgan fingerprint density at radius 1 is 1.04 bits per heavy atom. The Morgan fingerprint density at radius 3 is 2.26 bits per heavy atom. The van der Waals surface area contributed by atoms with Crippen LogP contribution in [0.15, 0.2) is 60.7 Å². The van der Waals surface area contributed by atoms with E-state index < -0.39 is 6.09 Å². The van der Waals surface area contributed by atoms with Crippen molar-refractivity contribution in [3.8, 4) is 16.9 Å². The van der Waals surface area contributed by atoms with E-state index in [1.165, 1.54) is 7.11 Å². The van der Waals surface area contributed by atoms with E-state index in [4.69, 9.17) is 0 Å². The van der Waals surface area contributed by atoms with Crippen molar-refractivity contribution < 1.29 is 9.53 Å². The number of ether oxygens (including phenoxy) is 1. The highest BCUT2D eigenvalue weighted by Gasteiger charge is 2.18. The van der Waals surface area contributed by atoms with Crippen molar-refractivity contribution in [2.75, 3.05) is 12.4 Å². The van der Waals surface area contributed by atoms with E-state index in [0.717, 1.165) is 22.5 Å². The Labute approximate surface area is 134 Å². The number of aromatic nitrogens is 2. The molecule has 23 heavy (non-hydrogen) atoms. The van der Waals surface area contributed by atoms with Crippen LogP contribution in [0.4, 0.5) is 10.6 Å². The quantitative estimate of drug-likeness (QED) is 0.795. The standard InChI is InChI=1S/C18H17N3O2/c1-13-16(14-9-5-3-6-10-14)21(15-11-7-4-8-12-15)20-17(13)19-18(22)23-2/h3-12H,1-2H3,(H,19,20,22). The van der Waals surface area contributed by atoms with Crippen LogP contribution in [-0.2, 0) is 4.74 Å². The van der Waals surface area contributed by atoms with Gasteiger partial charge in [-0.3, -0.25) is 5.32 Å². The van der Waals surface area contributed by atoms with Crippen LogP contribution in [0.2, 0.25) is 0 Å². The predicted octanol–water partition coefficient (Wildman–Crippen LogP) is 4.03. The van der Waals surface area contributed by atoms with Gasteiger partial charge in [0, 0.05) is 11.1 Å². The van der Waals surface area contributed by atoms with Gasteiger partial charge < -0.3 is 4.74 Å². The number of amides is 1. The molecule has 0 aliphatic heterocycles. The third kappa shape index (κ3) is 2.94. The molecule has 5 heteroatoms. The van der Waals surface area contributed by atoms with Crippen molar-refractivity contribution in [1.82, 2.24) is 9.78 Å². The molecule has 1 heterocycles. The molecule has 0 atom stereocenters. The van der Waals surface area contributed by atoms with Crippen LogP contribution < -0.4 is 5.32 Å². The number of anilines is 1. The molecule has 0 aliphatic rings. The summed E-state index contributed by atoms with van der Waals surface area (Å²) in [7, 11) is 1.33. The molecule has 0 saturated carbocycles. The Kier molecular flexibility index (Phi) is 4.10. The number of hydrogen-bond donors (Lipinski definition) is 1. The normalized spacial score (nSPS) is 10.3. The van der Waals surface area contributed by atoms with Gasteiger partial charge in [0.25, 0.3) is 0 Å². The zero-order valence-corrected chi connectivity index (χ0v) is 13.0. The second-order valence-electron chi connectivity index (χ2n) is 5.05. The van der Waals surface area contributed by atoms with Crippen LogP contribution >= 0.6 is 0 Å². The van der Waals surface area contributed by atoms with Crippen LogP contribution in [0.1, 0.15) is 5.56 Å². The maximum Gasteiger partial charge on any atom is 0.412 e. The highest BCUT2D eigenvalue weighted by atomic mass is 16.5. The molecule has 3 aromatic rings. The Balaban J connectivity index is 2.17.